The highest BCUT2D eigenvalue weighted by atomic mass is 16.3. The van der Waals surface area contributed by atoms with Crippen molar-refractivity contribution in [3.63, 3.8) is 0 Å². The first-order valence-electron chi connectivity index (χ1n) is 22.0. The monoisotopic (exact) mass is 827 g/mol. The summed E-state index contributed by atoms with van der Waals surface area (Å²) >= 11 is 0. The molecule has 5 heteroatoms. The summed E-state index contributed by atoms with van der Waals surface area (Å²) in [6.45, 7) is 8.98. The molecule has 11 aromatic rings. The van der Waals surface area contributed by atoms with Crippen LogP contribution in [0.5, 0.6) is 0 Å². The number of para-hydroxylation sites is 5. The molecule has 0 aliphatic carbocycles. The Balaban J connectivity index is 1.08. The minimum atomic E-state index is -0.339. The Kier molecular flexibility index (Phi) is 8.57. The summed E-state index contributed by atoms with van der Waals surface area (Å²) in [6.07, 6.45) is 0. The summed E-state index contributed by atoms with van der Waals surface area (Å²) in [5.41, 5.74) is 17.5. The summed E-state index contributed by atoms with van der Waals surface area (Å²) in [4.78, 5) is 7.15. The van der Waals surface area contributed by atoms with Crippen molar-refractivity contribution in [1.82, 2.24) is 0 Å². The predicted molar refractivity (Wildman–Crippen MR) is 267 cm³/mol. The standard InChI is InChI=1S/C59H45N3O2/c1-38-24-28-41(29-25-38)60(51-20-12-18-47-45-16-8-10-22-55(45)63-57(47)51)43-32-34-49-53(36-43)62(40-14-6-5-7-15-40)54-37-44(33-35-50(54)59(49,3)4)61(42-30-26-39(2)27-31-42)52-21-13-19-48-46-17-9-11-23-56(46)64-58(48)52/h5-37H,1-4H3. The molecule has 5 nitrogen and oxygen atoms in total. The zero-order valence-corrected chi connectivity index (χ0v) is 36.2. The Bertz CT molecular complexity index is 3350. The highest BCUT2D eigenvalue weighted by Crippen LogP contribution is 2.55. The van der Waals surface area contributed by atoms with Gasteiger partial charge in [-0.05, 0) is 110 Å². The van der Waals surface area contributed by atoms with Gasteiger partial charge < -0.3 is 23.5 Å². The molecule has 0 atom stereocenters. The zero-order chi connectivity index (χ0) is 43.1. The molecule has 0 amide bonds. The van der Waals surface area contributed by atoms with Gasteiger partial charge in [-0.25, -0.2) is 0 Å². The van der Waals surface area contributed by atoms with Gasteiger partial charge in [0.1, 0.15) is 11.2 Å². The van der Waals surface area contributed by atoms with Crippen LogP contribution in [-0.4, -0.2) is 0 Å². The van der Waals surface area contributed by atoms with E-state index in [4.69, 9.17) is 8.83 Å². The number of hydrogen-bond acceptors (Lipinski definition) is 5. The van der Waals surface area contributed by atoms with Gasteiger partial charge in [0.2, 0.25) is 0 Å². The quantitative estimate of drug-likeness (QED) is 0.160. The van der Waals surface area contributed by atoms with Crippen LogP contribution >= 0.6 is 0 Å². The first-order chi connectivity index (χ1) is 31.3. The molecule has 12 rings (SSSR count). The molecular weight excluding hydrogens is 783 g/mol. The molecule has 308 valence electrons. The molecule has 9 aromatic carbocycles. The third-order valence-corrected chi connectivity index (χ3v) is 13.2. The van der Waals surface area contributed by atoms with E-state index in [1.54, 1.807) is 0 Å². The van der Waals surface area contributed by atoms with E-state index in [1.807, 2.05) is 12.1 Å². The Morgan fingerprint density at radius 1 is 0.391 bits per heavy atom. The smallest absolute Gasteiger partial charge is 0.159 e. The van der Waals surface area contributed by atoms with E-state index < -0.39 is 0 Å². The van der Waals surface area contributed by atoms with Crippen molar-refractivity contribution in [3.8, 4) is 0 Å². The lowest BCUT2D eigenvalue weighted by Gasteiger charge is -2.43. The molecule has 0 unspecified atom stereocenters. The van der Waals surface area contributed by atoms with Crippen LogP contribution in [0.15, 0.2) is 209 Å². The zero-order valence-electron chi connectivity index (χ0n) is 36.2. The summed E-state index contributed by atoms with van der Waals surface area (Å²) in [7, 11) is 0. The van der Waals surface area contributed by atoms with E-state index in [2.05, 4.69) is 230 Å². The van der Waals surface area contributed by atoms with E-state index in [-0.39, 0.29) is 5.41 Å². The normalized spacial score (nSPS) is 13.1. The van der Waals surface area contributed by atoms with Gasteiger partial charge in [-0.3, -0.25) is 0 Å². The number of furan rings is 2. The third-order valence-electron chi connectivity index (χ3n) is 13.2. The average molecular weight is 828 g/mol. The van der Waals surface area contributed by atoms with Crippen LogP contribution in [0.4, 0.5) is 51.2 Å². The number of hydrogen-bond donors (Lipinski definition) is 0. The van der Waals surface area contributed by atoms with E-state index in [0.717, 1.165) is 95.1 Å². The van der Waals surface area contributed by atoms with Gasteiger partial charge >= 0.3 is 0 Å². The van der Waals surface area contributed by atoms with Crippen molar-refractivity contribution < 1.29 is 8.83 Å². The molecule has 0 N–H and O–H groups in total. The van der Waals surface area contributed by atoms with Gasteiger partial charge in [0, 0.05) is 55.4 Å². The minimum Gasteiger partial charge on any atom is -0.454 e. The molecule has 64 heavy (non-hydrogen) atoms. The Labute approximate surface area is 372 Å². The van der Waals surface area contributed by atoms with Crippen molar-refractivity contribution in [1.29, 1.82) is 0 Å². The van der Waals surface area contributed by atoms with Gasteiger partial charge in [0.15, 0.2) is 11.2 Å². The number of fused-ring (bicyclic) bond motifs is 8. The van der Waals surface area contributed by atoms with Crippen molar-refractivity contribution in [2.24, 2.45) is 0 Å². The molecule has 3 heterocycles. The number of rotatable bonds is 7. The van der Waals surface area contributed by atoms with E-state index >= 15 is 0 Å². The first-order valence-corrected chi connectivity index (χ1v) is 22.0. The Hall–Kier alpha value is -8.02. The molecule has 0 spiro atoms. The topological polar surface area (TPSA) is 36.0 Å². The maximum absolute atomic E-state index is 6.71. The second-order valence-corrected chi connectivity index (χ2v) is 17.5. The average Bonchev–Trinajstić information content (AvgIpc) is 3.91. The maximum atomic E-state index is 6.71. The predicted octanol–water partition coefficient (Wildman–Crippen LogP) is 17.2. The fourth-order valence-electron chi connectivity index (χ4n) is 9.93. The first kappa shape index (κ1) is 37.7. The number of nitrogens with zero attached hydrogens (tertiary/aromatic N) is 3. The van der Waals surface area contributed by atoms with E-state index in [1.165, 1.54) is 22.3 Å². The molecule has 0 saturated heterocycles. The molecule has 2 aromatic heterocycles. The van der Waals surface area contributed by atoms with Gasteiger partial charge in [-0.15, -0.1) is 0 Å². The molecule has 0 fully saturated rings. The highest BCUT2D eigenvalue weighted by Gasteiger charge is 2.38. The Morgan fingerprint density at radius 2 is 0.797 bits per heavy atom. The second-order valence-electron chi connectivity index (χ2n) is 17.5. The summed E-state index contributed by atoms with van der Waals surface area (Å²) < 4.78 is 13.4. The largest absolute Gasteiger partial charge is 0.454 e. The molecule has 0 bridgehead atoms. The summed E-state index contributed by atoms with van der Waals surface area (Å²) in [5.74, 6) is 0. The molecule has 1 aliphatic heterocycles. The number of benzene rings is 9. The van der Waals surface area contributed by atoms with Gasteiger partial charge in [-0.2, -0.15) is 0 Å². The minimum absolute atomic E-state index is 0.339. The van der Waals surface area contributed by atoms with Crippen molar-refractivity contribution in [2.75, 3.05) is 14.7 Å². The maximum Gasteiger partial charge on any atom is 0.159 e. The van der Waals surface area contributed by atoms with Crippen LogP contribution in [0.25, 0.3) is 43.9 Å². The molecule has 0 radical (unpaired) electrons. The summed E-state index contributed by atoms with van der Waals surface area (Å²) in [6, 6.07) is 71.8. The SMILES string of the molecule is Cc1ccc(N(c2ccc3c(c2)N(c2ccccc2)c2cc(N(c4ccc(C)cc4)c4cccc5c4oc4ccccc45)ccc2C3(C)C)c2cccc3c2oc2ccccc23)cc1. The van der Waals surface area contributed by atoms with Crippen LogP contribution in [0.2, 0.25) is 0 Å². The van der Waals surface area contributed by atoms with Crippen LogP contribution < -0.4 is 14.7 Å². The third kappa shape index (κ3) is 5.92. The Morgan fingerprint density at radius 3 is 1.27 bits per heavy atom. The summed E-state index contributed by atoms with van der Waals surface area (Å²) in [5, 5.41) is 4.39. The van der Waals surface area contributed by atoms with Crippen molar-refractivity contribution >= 4 is 95.1 Å². The number of aryl methyl sites for hydroxylation is 2. The van der Waals surface area contributed by atoms with E-state index in [0.29, 0.717) is 0 Å². The highest BCUT2D eigenvalue weighted by molar-refractivity contribution is 6.11. The lowest BCUT2D eigenvalue weighted by atomic mass is 9.73. The van der Waals surface area contributed by atoms with Crippen molar-refractivity contribution in [2.45, 2.75) is 33.1 Å². The van der Waals surface area contributed by atoms with Crippen LogP contribution in [-0.2, 0) is 5.41 Å². The lowest BCUT2D eigenvalue weighted by molar-refractivity contribution is 0.632. The van der Waals surface area contributed by atoms with Crippen molar-refractivity contribution in [3.05, 3.63) is 222 Å². The molecular formula is C59H45N3O2. The lowest BCUT2D eigenvalue weighted by Crippen LogP contribution is -2.31. The number of anilines is 9. The van der Waals surface area contributed by atoms with Crippen LogP contribution in [0, 0.1) is 13.8 Å². The fraction of sp³-hybridized carbons (Fsp3) is 0.0847. The second kappa shape index (κ2) is 14.5. The van der Waals surface area contributed by atoms with Crippen LogP contribution in [0.3, 0.4) is 0 Å². The van der Waals surface area contributed by atoms with Gasteiger partial charge in [0.05, 0.1) is 22.7 Å². The van der Waals surface area contributed by atoms with Gasteiger partial charge in [-0.1, -0.05) is 140 Å². The van der Waals surface area contributed by atoms with E-state index in [9.17, 15) is 0 Å². The molecule has 0 saturated carbocycles. The fourth-order valence-corrected chi connectivity index (χ4v) is 9.93. The van der Waals surface area contributed by atoms with Gasteiger partial charge in [0.25, 0.3) is 0 Å². The van der Waals surface area contributed by atoms with Crippen LogP contribution in [0.1, 0.15) is 36.1 Å². The molecule has 1 aliphatic rings.